The van der Waals surface area contributed by atoms with Crippen LogP contribution in [0, 0.1) is 0 Å². The average molecular weight is 305 g/mol. The molecular formula is C17H23NO4. The highest BCUT2D eigenvalue weighted by Crippen LogP contribution is 2.34. The highest BCUT2D eigenvalue weighted by Gasteiger charge is 2.34. The summed E-state index contributed by atoms with van der Waals surface area (Å²) in [5, 5.41) is 10.9. The van der Waals surface area contributed by atoms with Crippen LogP contribution in [0.4, 0.5) is 4.79 Å². The Bertz CT molecular complexity index is 562. The number of rotatable bonds is 3. The van der Waals surface area contributed by atoms with Crippen LogP contribution in [0.25, 0.3) is 0 Å². The lowest BCUT2D eigenvalue weighted by Crippen LogP contribution is -2.42. The number of amides is 1. The van der Waals surface area contributed by atoms with Crippen molar-refractivity contribution in [1.29, 1.82) is 0 Å². The summed E-state index contributed by atoms with van der Waals surface area (Å²) >= 11 is 0. The van der Waals surface area contributed by atoms with Gasteiger partial charge in [0.25, 0.3) is 0 Å². The number of benzene rings is 1. The molecule has 0 heterocycles. The van der Waals surface area contributed by atoms with Crippen molar-refractivity contribution in [3.05, 3.63) is 42.0 Å². The Balaban J connectivity index is 2.15. The first-order valence-electron chi connectivity index (χ1n) is 7.33. The molecule has 1 aromatic carbocycles. The summed E-state index contributed by atoms with van der Waals surface area (Å²) in [4.78, 5) is 12.0. The second kappa shape index (κ2) is 6.40. The Hall–Kier alpha value is -2.01. The van der Waals surface area contributed by atoms with Crippen LogP contribution >= 0.6 is 0 Å². The largest absolute Gasteiger partial charge is 0.497 e. The second-order valence-corrected chi connectivity index (χ2v) is 6.36. The minimum absolute atomic E-state index is 0.0902. The first-order valence-corrected chi connectivity index (χ1v) is 7.33. The lowest BCUT2D eigenvalue weighted by molar-refractivity contribution is -0.120. The zero-order chi connectivity index (χ0) is 16.3. The van der Waals surface area contributed by atoms with Gasteiger partial charge in [-0.2, -0.15) is 5.06 Å². The van der Waals surface area contributed by atoms with E-state index in [1.165, 1.54) is 0 Å². The third-order valence-corrected chi connectivity index (χ3v) is 3.51. The van der Waals surface area contributed by atoms with E-state index < -0.39 is 11.7 Å². The van der Waals surface area contributed by atoms with Gasteiger partial charge in [0.2, 0.25) is 0 Å². The van der Waals surface area contributed by atoms with Crippen LogP contribution in [0.5, 0.6) is 5.75 Å². The molecule has 0 aromatic heterocycles. The molecule has 0 radical (unpaired) electrons. The van der Waals surface area contributed by atoms with E-state index in [0.29, 0.717) is 11.5 Å². The topological polar surface area (TPSA) is 59.0 Å². The Morgan fingerprint density at radius 3 is 2.73 bits per heavy atom. The highest BCUT2D eigenvalue weighted by atomic mass is 16.6. The molecule has 0 fully saturated rings. The van der Waals surface area contributed by atoms with Gasteiger partial charge in [0, 0.05) is 5.92 Å². The standard InChI is InChI=1S/C17H23NO4/c1-17(2,3)22-16(19)18(20)15-10-6-9-14(15)12-7-5-8-13(11-12)21-4/h5-9,11,14-15,20H,10H2,1-4H3/t14-,15+/m1/s1. The zero-order valence-electron chi connectivity index (χ0n) is 13.4. The Morgan fingerprint density at radius 1 is 1.36 bits per heavy atom. The van der Waals surface area contributed by atoms with Crippen LogP contribution in [-0.2, 0) is 4.74 Å². The Kier molecular flexibility index (Phi) is 4.76. The minimum Gasteiger partial charge on any atom is -0.497 e. The van der Waals surface area contributed by atoms with E-state index in [4.69, 9.17) is 9.47 Å². The molecule has 120 valence electrons. The molecule has 2 rings (SSSR count). The molecule has 0 bridgehead atoms. The molecule has 22 heavy (non-hydrogen) atoms. The predicted molar refractivity (Wildman–Crippen MR) is 83.1 cm³/mol. The number of carbonyl (C=O) groups excluding carboxylic acids is 1. The van der Waals surface area contributed by atoms with Gasteiger partial charge in [-0.15, -0.1) is 0 Å². The van der Waals surface area contributed by atoms with Crippen molar-refractivity contribution in [2.75, 3.05) is 7.11 Å². The van der Waals surface area contributed by atoms with Crippen LogP contribution in [0.1, 0.15) is 38.7 Å². The van der Waals surface area contributed by atoms with Gasteiger partial charge in [0.15, 0.2) is 0 Å². The van der Waals surface area contributed by atoms with E-state index in [1.807, 2.05) is 36.4 Å². The number of hydroxylamine groups is 2. The molecule has 0 saturated heterocycles. The SMILES string of the molecule is COc1cccc([C@H]2C=CC[C@@H]2N(O)C(=O)OC(C)(C)C)c1. The van der Waals surface area contributed by atoms with Crippen molar-refractivity contribution in [2.45, 2.75) is 44.8 Å². The molecule has 1 aliphatic rings. The molecular weight excluding hydrogens is 282 g/mol. The maximum absolute atomic E-state index is 12.0. The van der Waals surface area contributed by atoms with E-state index in [9.17, 15) is 10.0 Å². The number of ether oxygens (including phenoxy) is 2. The van der Waals surface area contributed by atoms with Crippen LogP contribution in [0.3, 0.4) is 0 Å². The number of hydrogen-bond acceptors (Lipinski definition) is 4. The summed E-state index contributed by atoms with van der Waals surface area (Å²) in [6.07, 6.45) is 3.81. The van der Waals surface area contributed by atoms with Crippen molar-refractivity contribution in [3.8, 4) is 5.75 Å². The van der Waals surface area contributed by atoms with Gasteiger partial charge in [-0.1, -0.05) is 24.3 Å². The van der Waals surface area contributed by atoms with E-state index in [-0.39, 0.29) is 12.0 Å². The van der Waals surface area contributed by atoms with Crippen LogP contribution in [0.15, 0.2) is 36.4 Å². The van der Waals surface area contributed by atoms with Gasteiger partial charge in [0.1, 0.15) is 11.4 Å². The molecule has 1 aliphatic carbocycles. The number of carbonyl (C=O) groups is 1. The van der Waals surface area contributed by atoms with E-state index in [1.54, 1.807) is 27.9 Å². The fraction of sp³-hybridized carbons (Fsp3) is 0.471. The summed E-state index contributed by atoms with van der Waals surface area (Å²) in [6, 6.07) is 7.26. The smallest absolute Gasteiger partial charge is 0.434 e. The molecule has 5 heteroatoms. The minimum atomic E-state index is -0.728. The van der Waals surface area contributed by atoms with Crippen molar-refractivity contribution in [1.82, 2.24) is 5.06 Å². The molecule has 2 atom stereocenters. The van der Waals surface area contributed by atoms with Crippen LogP contribution in [0.2, 0.25) is 0 Å². The molecule has 0 saturated carbocycles. The van der Waals surface area contributed by atoms with Gasteiger partial charge < -0.3 is 9.47 Å². The van der Waals surface area contributed by atoms with Crippen LogP contribution in [-0.4, -0.2) is 35.1 Å². The lowest BCUT2D eigenvalue weighted by atomic mass is 9.94. The van der Waals surface area contributed by atoms with Gasteiger partial charge in [-0.05, 0) is 44.9 Å². The van der Waals surface area contributed by atoms with Crippen molar-refractivity contribution < 1.29 is 19.5 Å². The summed E-state index contributed by atoms with van der Waals surface area (Å²) < 4.78 is 10.5. The monoisotopic (exact) mass is 305 g/mol. The number of hydrogen-bond donors (Lipinski definition) is 1. The summed E-state index contributed by atoms with van der Waals surface area (Å²) in [6.45, 7) is 5.31. The zero-order valence-corrected chi connectivity index (χ0v) is 13.4. The molecule has 0 aliphatic heterocycles. The van der Waals surface area contributed by atoms with Gasteiger partial charge in [0.05, 0.1) is 13.2 Å². The maximum Gasteiger partial charge on any atom is 0.434 e. The maximum atomic E-state index is 12.0. The van der Waals surface area contributed by atoms with Crippen molar-refractivity contribution in [2.24, 2.45) is 0 Å². The van der Waals surface area contributed by atoms with Gasteiger partial charge >= 0.3 is 6.09 Å². The third kappa shape index (κ3) is 3.80. The molecule has 5 nitrogen and oxygen atoms in total. The van der Waals surface area contributed by atoms with Crippen LogP contribution < -0.4 is 4.74 Å². The Morgan fingerprint density at radius 2 is 2.09 bits per heavy atom. The molecule has 1 N–H and O–H groups in total. The normalized spacial score (nSPS) is 20.8. The van der Waals surface area contributed by atoms with Crippen molar-refractivity contribution in [3.63, 3.8) is 0 Å². The molecule has 0 spiro atoms. The number of methoxy groups -OCH3 is 1. The molecule has 0 unspecified atom stereocenters. The molecule has 1 aromatic rings. The average Bonchev–Trinajstić information content (AvgIpc) is 2.94. The van der Waals surface area contributed by atoms with Crippen molar-refractivity contribution >= 4 is 6.09 Å². The second-order valence-electron chi connectivity index (χ2n) is 6.36. The lowest BCUT2D eigenvalue weighted by Gasteiger charge is -2.30. The first-order chi connectivity index (χ1) is 10.3. The van der Waals surface area contributed by atoms with E-state index in [2.05, 4.69) is 0 Å². The van der Waals surface area contributed by atoms with E-state index in [0.717, 1.165) is 11.3 Å². The molecule has 1 amide bonds. The fourth-order valence-corrected chi connectivity index (χ4v) is 2.52. The Labute approximate surface area is 131 Å². The predicted octanol–water partition coefficient (Wildman–Crippen LogP) is 3.73. The highest BCUT2D eigenvalue weighted by molar-refractivity contribution is 5.67. The van der Waals surface area contributed by atoms with Gasteiger partial charge in [-0.3, -0.25) is 5.21 Å². The summed E-state index contributed by atoms with van der Waals surface area (Å²) in [7, 11) is 1.61. The van der Waals surface area contributed by atoms with E-state index >= 15 is 0 Å². The first kappa shape index (κ1) is 16.4. The summed E-state index contributed by atoms with van der Waals surface area (Å²) in [5.41, 5.74) is 0.343. The third-order valence-electron chi connectivity index (χ3n) is 3.51. The quantitative estimate of drug-likeness (QED) is 0.525. The van der Waals surface area contributed by atoms with Gasteiger partial charge in [-0.25, -0.2) is 4.79 Å². The summed E-state index contributed by atoms with van der Waals surface area (Å²) in [5.74, 6) is 0.658. The number of nitrogens with zero attached hydrogens (tertiary/aromatic N) is 1. The fourth-order valence-electron chi connectivity index (χ4n) is 2.52.